The van der Waals surface area contributed by atoms with Crippen molar-refractivity contribution in [3.63, 3.8) is 0 Å². The topological polar surface area (TPSA) is 60.8 Å². The molecule has 2 saturated carbocycles. The van der Waals surface area contributed by atoms with E-state index in [9.17, 15) is 15.0 Å². The zero-order chi connectivity index (χ0) is 17.4. The van der Waals surface area contributed by atoms with Gasteiger partial charge in [0.25, 0.3) is 0 Å². The summed E-state index contributed by atoms with van der Waals surface area (Å²) in [4.78, 5) is 15.0. The van der Waals surface area contributed by atoms with Gasteiger partial charge in [0.1, 0.15) is 11.5 Å². The molecule has 5 rings (SSSR count). The van der Waals surface area contributed by atoms with E-state index in [2.05, 4.69) is 4.90 Å². The van der Waals surface area contributed by atoms with Crippen molar-refractivity contribution in [3.05, 3.63) is 28.8 Å². The van der Waals surface area contributed by atoms with Gasteiger partial charge in [-0.1, -0.05) is 6.07 Å². The van der Waals surface area contributed by atoms with Crippen molar-refractivity contribution in [1.29, 1.82) is 0 Å². The molecule has 4 aliphatic rings. The number of hydrogen-bond donors (Lipinski definition) is 2. The van der Waals surface area contributed by atoms with Gasteiger partial charge in [-0.05, 0) is 74.2 Å². The molecule has 4 nitrogen and oxygen atoms in total. The van der Waals surface area contributed by atoms with Crippen LogP contribution in [-0.2, 0) is 16.6 Å². The number of rotatable bonds is 2. The van der Waals surface area contributed by atoms with Crippen LogP contribution in [0.3, 0.4) is 0 Å². The molecule has 0 radical (unpaired) electrons. The second kappa shape index (κ2) is 5.08. The Labute approximate surface area is 148 Å². The summed E-state index contributed by atoms with van der Waals surface area (Å²) in [5, 5.41) is 22.3. The van der Waals surface area contributed by atoms with Crippen LogP contribution >= 0.6 is 0 Å². The van der Waals surface area contributed by atoms with Gasteiger partial charge in [-0.25, -0.2) is 0 Å². The number of aromatic hydroxyl groups is 1. The molecule has 0 spiro atoms. The fraction of sp³-hybridized carbons (Fsp3) is 0.667. The molecule has 3 atom stereocenters. The van der Waals surface area contributed by atoms with E-state index in [1.807, 2.05) is 13.0 Å². The predicted molar refractivity (Wildman–Crippen MR) is 94.7 cm³/mol. The van der Waals surface area contributed by atoms with Gasteiger partial charge in [-0.2, -0.15) is 0 Å². The molecule has 1 aromatic carbocycles. The van der Waals surface area contributed by atoms with E-state index >= 15 is 0 Å². The van der Waals surface area contributed by atoms with Crippen molar-refractivity contribution in [2.45, 2.75) is 68.9 Å². The maximum Gasteiger partial charge on any atom is 0.134 e. The minimum absolute atomic E-state index is 0.103. The largest absolute Gasteiger partial charge is 0.508 e. The second-order valence-corrected chi connectivity index (χ2v) is 8.87. The van der Waals surface area contributed by atoms with Gasteiger partial charge in [0, 0.05) is 30.8 Å². The van der Waals surface area contributed by atoms with E-state index in [-0.39, 0.29) is 17.6 Å². The SMILES string of the molecule is Cc1c(O)ccc2c1[C@]13CCN(CC4CC4)[C@H](C2)[C@]1(O)CCC(=O)C3. The van der Waals surface area contributed by atoms with Crippen molar-refractivity contribution in [2.75, 3.05) is 13.1 Å². The van der Waals surface area contributed by atoms with E-state index < -0.39 is 11.0 Å². The Morgan fingerprint density at radius 1 is 1.28 bits per heavy atom. The first-order chi connectivity index (χ1) is 11.9. The van der Waals surface area contributed by atoms with Crippen molar-refractivity contribution in [2.24, 2.45) is 5.92 Å². The van der Waals surface area contributed by atoms with Gasteiger partial charge < -0.3 is 10.2 Å². The maximum atomic E-state index is 12.4. The summed E-state index contributed by atoms with van der Waals surface area (Å²) < 4.78 is 0. The van der Waals surface area contributed by atoms with E-state index in [1.54, 1.807) is 6.07 Å². The van der Waals surface area contributed by atoms with Gasteiger partial charge in [0.15, 0.2) is 0 Å². The number of phenols is 1. The molecule has 0 aromatic heterocycles. The van der Waals surface area contributed by atoms with E-state index in [4.69, 9.17) is 0 Å². The van der Waals surface area contributed by atoms with Gasteiger partial charge in [-0.15, -0.1) is 0 Å². The zero-order valence-electron chi connectivity index (χ0n) is 14.9. The highest BCUT2D eigenvalue weighted by atomic mass is 16.3. The van der Waals surface area contributed by atoms with Crippen LogP contribution in [0.2, 0.25) is 0 Å². The molecule has 134 valence electrons. The number of phenolic OH excluding ortho intramolecular Hbond substituents is 1. The number of benzene rings is 1. The summed E-state index contributed by atoms with van der Waals surface area (Å²) in [6.07, 6.45) is 5.75. The van der Waals surface area contributed by atoms with Crippen molar-refractivity contribution in [1.82, 2.24) is 4.90 Å². The number of piperidine rings is 1. The highest BCUT2D eigenvalue weighted by Crippen LogP contribution is 2.59. The monoisotopic (exact) mass is 341 g/mol. The lowest BCUT2D eigenvalue weighted by Crippen LogP contribution is -2.73. The Morgan fingerprint density at radius 3 is 2.84 bits per heavy atom. The average molecular weight is 341 g/mol. The van der Waals surface area contributed by atoms with Crippen LogP contribution in [0, 0.1) is 12.8 Å². The molecule has 2 bridgehead atoms. The highest BCUT2D eigenvalue weighted by Gasteiger charge is 2.65. The van der Waals surface area contributed by atoms with Gasteiger partial charge in [0.05, 0.1) is 5.60 Å². The van der Waals surface area contributed by atoms with E-state index in [1.165, 1.54) is 18.4 Å². The van der Waals surface area contributed by atoms with Crippen LogP contribution in [0.5, 0.6) is 5.75 Å². The summed E-state index contributed by atoms with van der Waals surface area (Å²) in [6, 6.07) is 3.90. The molecule has 0 amide bonds. The molecule has 4 heteroatoms. The molecule has 25 heavy (non-hydrogen) atoms. The standard InChI is InChI=1S/C21H27NO3/c1-13-17(24)5-4-15-10-18-21(25)7-6-16(23)11-20(21,19(13)15)8-9-22(18)12-14-2-3-14/h4-5,14,18,24-25H,2-3,6-12H2,1H3/t18-,20-,21-/m1/s1. The summed E-state index contributed by atoms with van der Waals surface area (Å²) in [5.74, 6) is 1.34. The first-order valence-electron chi connectivity index (χ1n) is 9.75. The molecule has 1 aliphatic heterocycles. The Kier molecular flexibility index (Phi) is 3.21. The number of likely N-dealkylation sites (tertiary alicyclic amines) is 1. The van der Waals surface area contributed by atoms with Gasteiger partial charge in [0.2, 0.25) is 0 Å². The van der Waals surface area contributed by atoms with Gasteiger partial charge >= 0.3 is 0 Å². The zero-order valence-corrected chi connectivity index (χ0v) is 14.9. The van der Waals surface area contributed by atoms with E-state index in [0.29, 0.717) is 19.3 Å². The average Bonchev–Trinajstić information content (AvgIpc) is 3.38. The Bertz CT molecular complexity index is 756. The van der Waals surface area contributed by atoms with Crippen LogP contribution in [-0.4, -0.2) is 45.6 Å². The number of carbonyl (C=O) groups is 1. The van der Waals surface area contributed by atoms with Crippen LogP contribution in [0.1, 0.15) is 55.2 Å². The first-order valence-corrected chi connectivity index (χ1v) is 9.75. The van der Waals surface area contributed by atoms with Gasteiger partial charge in [-0.3, -0.25) is 9.69 Å². The lowest BCUT2D eigenvalue weighted by Gasteiger charge is -2.63. The number of ketones is 1. The molecular formula is C21H27NO3. The van der Waals surface area contributed by atoms with E-state index in [0.717, 1.165) is 43.0 Å². The fourth-order valence-corrected chi connectivity index (χ4v) is 6.11. The maximum absolute atomic E-state index is 12.4. The third-order valence-corrected chi connectivity index (χ3v) is 7.53. The summed E-state index contributed by atoms with van der Waals surface area (Å²) >= 11 is 0. The molecular weight excluding hydrogens is 314 g/mol. The van der Waals surface area contributed by atoms with Crippen LogP contribution in [0.4, 0.5) is 0 Å². The van der Waals surface area contributed by atoms with Crippen molar-refractivity contribution in [3.8, 4) is 5.75 Å². The molecule has 2 N–H and O–H groups in total. The van der Waals surface area contributed by atoms with Crippen molar-refractivity contribution < 1.29 is 15.0 Å². The molecule has 1 heterocycles. The fourth-order valence-electron chi connectivity index (χ4n) is 6.11. The number of aliphatic hydroxyl groups is 1. The number of fused-ring (bicyclic) bond motifs is 1. The number of Topliss-reactive ketones (excluding diaryl/α,β-unsaturated/α-hetero) is 1. The Balaban J connectivity index is 1.69. The van der Waals surface area contributed by atoms with Crippen LogP contribution in [0.25, 0.3) is 0 Å². The first kappa shape index (κ1) is 15.8. The second-order valence-electron chi connectivity index (χ2n) is 8.87. The Hall–Kier alpha value is -1.39. The third-order valence-electron chi connectivity index (χ3n) is 7.53. The minimum Gasteiger partial charge on any atom is -0.508 e. The number of nitrogens with zero attached hydrogens (tertiary/aromatic N) is 1. The summed E-state index contributed by atoms with van der Waals surface area (Å²) in [7, 11) is 0. The minimum atomic E-state index is -0.848. The highest BCUT2D eigenvalue weighted by molar-refractivity contribution is 5.82. The lowest BCUT2D eigenvalue weighted by molar-refractivity contribution is -0.173. The van der Waals surface area contributed by atoms with Crippen LogP contribution < -0.4 is 0 Å². The quantitative estimate of drug-likeness (QED) is 0.867. The molecule has 3 fully saturated rings. The molecule has 0 unspecified atom stereocenters. The smallest absolute Gasteiger partial charge is 0.134 e. The lowest BCUT2D eigenvalue weighted by atomic mass is 9.48. The molecule has 1 saturated heterocycles. The summed E-state index contributed by atoms with van der Waals surface area (Å²) in [5.41, 5.74) is 1.80. The number of carbonyl (C=O) groups excluding carboxylic acids is 1. The summed E-state index contributed by atoms with van der Waals surface area (Å²) in [6.45, 7) is 3.98. The molecule has 1 aromatic rings. The predicted octanol–water partition coefficient (Wildman–Crippen LogP) is 2.46. The van der Waals surface area contributed by atoms with Crippen LogP contribution in [0.15, 0.2) is 12.1 Å². The normalized spacial score (nSPS) is 37.5. The van der Waals surface area contributed by atoms with Crippen molar-refractivity contribution >= 4 is 5.78 Å². The third kappa shape index (κ3) is 2.04. The number of hydrogen-bond acceptors (Lipinski definition) is 4. The Morgan fingerprint density at radius 2 is 2.08 bits per heavy atom. The molecule has 3 aliphatic carbocycles.